The normalized spacial score (nSPS) is 27.9. The maximum atomic E-state index is 12.4. The summed E-state index contributed by atoms with van der Waals surface area (Å²) < 4.78 is 5.81. The minimum Gasteiger partial charge on any atom is -0.375 e. The van der Waals surface area contributed by atoms with Crippen molar-refractivity contribution < 1.29 is 9.53 Å². The predicted octanol–water partition coefficient (Wildman–Crippen LogP) is 1.23. The molecular weight excluding hydrogens is 240 g/mol. The molecular formula is C15H20N2O2. The molecule has 4 nitrogen and oxygen atoms in total. The highest BCUT2D eigenvalue weighted by Gasteiger charge is 2.36. The van der Waals surface area contributed by atoms with Crippen molar-refractivity contribution >= 4 is 5.91 Å². The molecule has 0 radical (unpaired) electrons. The average molecular weight is 260 g/mol. The first-order chi connectivity index (χ1) is 9.25. The maximum Gasteiger partial charge on any atom is 0.253 e. The Morgan fingerprint density at radius 1 is 1.26 bits per heavy atom. The van der Waals surface area contributed by atoms with E-state index in [1.807, 2.05) is 35.2 Å². The lowest BCUT2D eigenvalue weighted by Crippen LogP contribution is -2.59. The largest absolute Gasteiger partial charge is 0.375 e. The second kappa shape index (κ2) is 5.31. The van der Waals surface area contributed by atoms with Crippen molar-refractivity contribution in [1.29, 1.82) is 0 Å². The van der Waals surface area contributed by atoms with Gasteiger partial charge >= 0.3 is 0 Å². The van der Waals surface area contributed by atoms with Gasteiger partial charge in [-0.25, -0.2) is 0 Å². The molecule has 0 aliphatic carbocycles. The number of morpholine rings is 1. The van der Waals surface area contributed by atoms with Gasteiger partial charge in [0.2, 0.25) is 0 Å². The molecule has 0 spiro atoms. The number of amides is 1. The smallest absolute Gasteiger partial charge is 0.253 e. The van der Waals surface area contributed by atoms with Crippen LogP contribution in [0.25, 0.3) is 0 Å². The zero-order valence-electron chi connectivity index (χ0n) is 11.3. The molecule has 0 N–H and O–H groups in total. The molecule has 3 rings (SSSR count). The Labute approximate surface area is 113 Å². The number of fused-ring (bicyclic) bond motifs is 1. The molecule has 19 heavy (non-hydrogen) atoms. The molecule has 1 aromatic rings. The fourth-order valence-corrected chi connectivity index (χ4v) is 2.99. The minimum absolute atomic E-state index is 0.137. The highest BCUT2D eigenvalue weighted by atomic mass is 16.5. The van der Waals surface area contributed by atoms with Gasteiger partial charge in [-0.3, -0.25) is 9.69 Å². The molecule has 0 unspecified atom stereocenters. The van der Waals surface area contributed by atoms with Gasteiger partial charge < -0.3 is 9.64 Å². The number of likely N-dealkylation sites (tertiary alicyclic amines) is 1. The summed E-state index contributed by atoms with van der Waals surface area (Å²) >= 11 is 0. The summed E-state index contributed by atoms with van der Waals surface area (Å²) in [6, 6.07) is 9.87. The van der Waals surface area contributed by atoms with Crippen LogP contribution in [0, 0.1) is 0 Å². The number of piperidine rings is 1. The van der Waals surface area contributed by atoms with Crippen LogP contribution >= 0.6 is 0 Å². The van der Waals surface area contributed by atoms with Gasteiger partial charge in [0.25, 0.3) is 5.91 Å². The monoisotopic (exact) mass is 260 g/mol. The van der Waals surface area contributed by atoms with E-state index in [9.17, 15) is 4.79 Å². The molecule has 102 valence electrons. The number of hydrogen-bond acceptors (Lipinski definition) is 3. The molecule has 0 saturated carbocycles. The van der Waals surface area contributed by atoms with Crippen LogP contribution in [-0.4, -0.2) is 61.1 Å². The van der Waals surface area contributed by atoms with Crippen LogP contribution in [0.15, 0.2) is 30.3 Å². The summed E-state index contributed by atoms with van der Waals surface area (Å²) in [5.74, 6) is 0.137. The standard InChI is InChI=1S/C15H20N2O2/c1-16-9-10-19-14-7-8-17(11-13(14)16)15(18)12-5-3-2-4-6-12/h2-6,13-14H,7-11H2,1H3/t13-,14-/m0/s1. The molecule has 2 saturated heterocycles. The summed E-state index contributed by atoms with van der Waals surface area (Å²) in [5.41, 5.74) is 0.778. The van der Waals surface area contributed by atoms with Crippen LogP contribution in [0.4, 0.5) is 0 Å². The first kappa shape index (κ1) is 12.6. The van der Waals surface area contributed by atoms with Crippen LogP contribution in [0.3, 0.4) is 0 Å². The van der Waals surface area contributed by atoms with Crippen molar-refractivity contribution in [3.8, 4) is 0 Å². The van der Waals surface area contributed by atoms with Crippen LogP contribution < -0.4 is 0 Å². The number of carbonyl (C=O) groups excluding carboxylic acids is 1. The third-order valence-electron chi connectivity index (χ3n) is 4.17. The molecule has 0 aromatic heterocycles. The number of carbonyl (C=O) groups is 1. The summed E-state index contributed by atoms with van der Waals surface area (Å²) in [5, 5.41) is 0. The first-order valence-corrected chi connectivity index (χ1v) is 6.92. The summed E-state index contributed by atoms with van der Waals surface area (Å²) in [7, 11) is 2.12. The Morgan fingerprint density at radius 2 is 2.05 bits per heavy atom. The predicted molar refractivity (Wildman–Crippen MR) is 73.1 cm³/mol. The topological polar surface area (TPSA) is 32.8 Å². The van der Waals surface area contributed by atoms with Gasteiger partial charge in [-0.2, -0.15) is 0 Å². The Hall–Kier alpha value is -1.39. The lowest BCUT2D eigenvalue weighted by molar-refractivity contribution is -0.0893. The van der Waals surface area contributed by atoms with E-state index in [4.69, 9.17) is 4.74 Å². The number of benzene rings is 1. The first-order valence-electron chi connectivity index (χ1n) is 6.92. The van der Waals surface area contributed by atoms with Gasteiger partial charge in [-0.05, 0) is 25.6 Å². The average Bonchev–Trinajstić information content (AvgIpc) is 2.47. The molecule has 4 heteroatoms. The van der Waals surface area contributed by atoms with E-state index in [2.05, 4.69) is 11.9 Å². The molecule has 1 amide bonds. The van der Waals surface area contributed by atoms with Gasteiger partial charge in [0.1, 0.15) is 0 Å². The quantitative estimate of drug-likeness (QED) is 0.761. The van der Waals surface area contributed by atoms with Crippen molar-refractivity contribution in [2.24, 2.45) is 0 Å². The Kier molecular flexibility index (Phi) is 3.53. The van der Waals surface area contributed by atoms with Crippen molar-refractivity contribution in [3.63, 3.8) is 0 Å². The van der Waals surface area contributed by atoms with E-state index >= 15 is 0 Å². The Balaban J connectivity index is 1.71. The van der Waals surface area contributed by atoms with E-state index in [0.717, 1.165) is 38.2 Å². The second-order valence-electron chi connectivity index (χ2n) is 5.36. The van der Waals surface area contributed by atoms with Crippen molar-refractivity contribution in [2.75, 3.05) is 33.3 Å². The zero-order chi connectivity index (χ0) is 13.2. The number of nitrogens with zero attached hydrogens (tertiary/aromatic N) is 2. The third-order valence-corrected chi connectivity index (χ3v) is 4.17. The van der Waals surface area contributed by atoms with Crippen LogP contribution in [0.1, 0.15) is 16.8 Å². The Morgan fingerprint density at radius 3 is 2.84 bits per heavy atom. The van der Waals surface area contributed by atoms with E-state index in [0.29, 0.717) is 12.1 Å². The number of ether oxygens (including phenoxy) is 1. The molecule has 2 fully saturated rings. The van der Waals surface area contributed by atoms with Gasteiger partial charge in [-0.1, -0.05) is 18.2 Å². The molecule has 2 aliphatic rings. The fourth-order valence-electron chi connectivity index (χ4n) is 2.99. The number of rotatable bonds is 1. The van der Waals surface area contributed by atoms with Crippen LogP contribution in [-0.2, 0) is 4.74 Å². The molecule has 1 aromatic carbocycles. The molecule has 2 heterocycles. The highest BCUT2D eigenvalue weighted by Crippen LogP contribution is 2.23. The van der Waals surface area contributed by atoms with Gasteiger partial charge in [-0.15, -0.1) is 0 Å². The van der Waals surface area contributed by atoms with E-state index in [1.54, 1.807) is 0 Å². The van der Waals surface area contributed by atoms with Crippen LogP contribution in [0.2, 0.25) is 0 Å². The van der Waals surface area contributed by atoms with Crippen LogP contribution in [0.5, 0.6) is 0 Å². The van der Waals surface area contributed by atoms with Crippen molar-refractivity contribution in [1.82, 2.24) is 9.80 Å². The third kappa shape index (κ3) is 2.51. The lowest BCUT2D eigenvalue weighted by atomic mass is 9.98. The lowest BCUT2D eigenvalue weighted by Gasteiger charge is -2.45. The number of hydrogen-bond donors (Lipinski definition) is 0. The molecule has 0 bridgehead atoms. The van der Waals surface area contributed by atoms with E-state index in [1.165, 1.54) is 0 Å². The summed E-state index contributed by atoms with van der Waals surface area (Å²) in [6.45, 7) is 3.33. The summed E-state index contributed by atoms with van der Waals surface area (Å²) in [6.07, 6.45) is 1.23. The fraction of sp³-hybridized carbons (Fsp3) is 0.533. The molecule has 2 aliphatic heterocycles. The van der Waals surface area contributed by atoms with Crippen molar-refractivity contribution in [3.05, 3.63) is 35.9 Å². The SMILES string of the molecule is CN1CCO[C@H]2CCN(C(=O)c3ccccc3)C[C@@H]21. The van der Waals surface area contributed by atoms with Gasteiger partial charge in [0, 0.05) is 25.2 Å². The summed E-state index contributed by atoms with van der Waals surface area (Å²) in [4.78, 5) is 16.7. The van der Waals surface area contributed by atoms with E-state index < -0.39 is 0 Å². The highest BCUT2D eigenvalue weighted by molar-refractivity contribution is 5.94. The molecule has 2 atom stereocenters. The minimum atomic E-state index is 0.137. The van der Waals surface area contributed by atoms with Gasteiger partial charge in [0.05, 0.1) is 18.8 Å². The maximum absolute atomic E-state index is 12.4. The number of likely N-dealkylation sites (N-methyl/N-ethyl adjacent to an activating group) is 1. The van der Waals surface area contributed by atoms with Crippen molar-refractivity contribution in [2.45, 2.75) is 18.6 Å². The van der Waals surface area contributed by atoms with E-state index in [-0.39, 0.29) is 5.91 Å². The zero-order valence-corrected chi connectivity index (χ0v) is 11.3. The second-order valence-corrected chi connectivity index (χ2v) is 5.36. The van der Waals surface area contributed by atoms with Gasteiger partial charge in [0.15, 0.2) is 0 Å². The Bertz CT molecular complexity index is 449.